The molecule has 3 N–H and O–H groups in total. The van der Waals surface area contributed by atoms with Crippen LogP contribution in [-0.2, 0) is 14.3 Å². The van der Waals surface area contributed by atoms with E-state index in [-0.39, 0.29) is 30.5 Å². The van der Waals surface area contributed by atoms with Crippen LogP contribution in [0, 0.1) is 0 Å². The minimum atomic E-state index is -0.180. The molecule has 5 nitrogen and oxygen atoms in total. The molecule has 142 valence electrons. The predicted octanol–water partition coefficient (Wildman–Crippen LogP) is 2.96. The number of nitrogens with one attached hydrogen (secondary N) is 1. The third kappa shape index (κ3) is 5.68. The number of amides is 1. The van der Waals surface area contributed by atoms with E-state index in [0.717, 1.165) is 37.0 Å². The summed E-state index contributed by atoms with van der Waals surface area (Å²) in [4.78, 5) is 12.2. The molecule has 1 atom stereocenters. The van der Waals surface area contributed by atoms with Crippen molar-refractivity contribution in [3.8, 4) is 0 Å². The van der Waals surface area contributed by atoms with Crippen molar-refractivity contribution in [2.75, 3.05) is 26.4 Å². The summed E-state index contributed by atoms with van der Waals surface area (Å²) in [6.07, 6.45) is 2.38. The van der Waals surface area contributed by atoms with Crippen molar-refractivity contribution in [2.45, 2.75) is 31.4 Å². The number of benzene rings is 2. The molecular weight excluding hydrogens is 352 g/mol. The molecule has 6 heteroatoms. The fraction of sp³-hybridized carbons (Fsp3) is 0.450. The quantitative estimate of drug-likeness (QED) is 0.776. The van der Waals surface area contributed by atoms with Gasteiger partial charge in [-0.3, -0.25) is 4.79 Å². The minimum absolute atomic E-state index is 0. The normalized spacial score (nSPS) is 16.0. The van der Waals surface area contributed by atoms with E-state index in [1.807, 2.05) is 18.2 Å². The van der Waals surface area contributed by atoms with Crippen molar-refractivity contribution in [1.82, 2.24) is 5.32 Å². The van der Waals surface area contributed by atoms with Crippen molar-refractivity contribution in [3.63, 3.8) is 0 Å². The first-order valence-corrected chi connectivity index (χ1v) is 8.94. The number of nitrogens with two attached hydrogens (primary N) is 1. The average Bonchev–Trinajstić information content (AvgIpc) is 2.66. The topological polar surface area (TPSA) is 73.6 Å². The van der Waals surface area contributed by atoms with E-state index in [0.29, 0.717) is 19.6 Å². The third-order valence-corrected chi connectivity index (χ3v) is 4.60. The van der Waals surface area contributed by atoms with Crippen molar-refractivity contribution < 1.29 is 14.3 Å². The summed E-state index contributed by atoms with van der Waals surface area (Å²) in [7, 11) is 0. The Morgan fingerprint density at radius 3 is 2.65 bits per heavy atom. The zero-order valence-corrected chi connectivity index (χ0v) is 15.7. The molecule has 1 unspecified atom stereocenters. The summed E-state index contributed by atoms with van der Waals surface area (Å²) in [6, 6.07) is 14.2. The summed E-state index contributed by atoms with van der Waals surface area (Å²) < 4.78 is 11.1. The number of carbonyl (C=O) groups excluding carboxylic acids is 1. The standard InChI is InChI=1S/C20H26N2O3.ClH/c21-14-19(17-6-5-15-3-1-2-4-16(15)13-17)22-20(23)9-12-25-18-7-10-24-11-8-18;/h1-6,13,18-19H,7-12,14,21H2,(H,22,23);1H. The van der Waals surface area contributed by atoms with E-state index in [2.05, 4.69) is 29.6 Å². The van der Waals surface area contributed by atoms with Gasteiger partial charge in [0.05, 0.1) is 18.8 Å². The molecule has 0 aromatic heterocycles. The highest BCUT2D eigenvalue weighted by Crippen LogP contribution is 2.20. The Bertz CT molecular complexity index is 704. The van der Waals surface area contributed by atoms with Gasteiger partial charge >= 0.3 is 0 Å². The first-order chi connectivity index (χ1) is 12.3. The van der Waals surface area contributed by atoms with Crippen molar-refractivity contribution in [3.05, 3.63) is 48.0 Å². The molecule has 1 fully saturated rings. The maximum absolute atomic E-state index is 12.2. The number of carbonyl (C=O) groups is 1. The summed E-state index contributed by atoms with van der Waals surface area (Å²) in [5.74, 6) is -0.0318. The lowest BCUT2D eigenvalue weighted by atomic mass is 10.0. The van der Waals surface area contributed by atoms with Gasteiger partial charge in [0.15, 0.2) is 0 Å². The zero-order valence-electron chi connectivity index (χ0n) is 14.9. The Labute approximate surface area is 160 Å². The van der Waals surface area contributed by atoms with Crippen LogP contribution in [0.2, 0.25) is 0 Å². The van der Waals surface area contributed by atoms with Crippen LogP contribution in [0.5, 0.6) is 0 Å². The Morgan fingerprint density at radius 1 is 1.19 bits per heavy atom. The van der Waals surface area contributed by atoms with E-state index in [9.17, 15) is 4.79 Å². The van der Waals surface area contributed by atoms with Gasteiger partial charge in [-0.2, -0.15) is 0 Å². The molecule has 0 saturated carbocycles. The smallest absolute Gasteiger partial charge is 0.222 e. The lowest BCUT2D eigenvalue weighted by Crippen LogP contribution is -2.34. The van der Waals surface area contributed by atoms with Gasteiger partial charge in [0, 0.05) is 26.2 Å². The largest absolute Gasteiger partial charge is 0.381 e. The van der Waals surface area contributed by atoms with Gasteiger partial charge in [0.1, 0.15) is 0 Å². The first kappa shape index (κ1) is 20.6. The monoisotopic (exact) mass is 378 g/mol. The van der Waals surface area contributed by atoms with Crippen LogP contribution < -0.4 is 11.1 Å². The number of halogens is 1. The molecule has 1 heterocycles. The SMILES string of the molecule is Cl.NCC(NC(=O)CCOC1CCOCC1)c1ccc2ccccc2c1. The van der Waals surface area contributed by atoms with Crippen molar-refractivity contribution in [2.24, 2.45) is 5.73 Å². The molecule has 0 spiro atoms. The van der Waals surface area contributed by atoms with Gasteiger partial charge in [-0.05, 0) is 35.2 Å². The van der Waals surface area contributed by atoms with Crippen molar-refractivity contribution in [1.29, 1.82) is 0 Å². The van der Waals surface area contributed by atoms with Gasteiger partial charge in [-0.1, -0.05) is 36.4 Å². The van der Waals surface area contributed by atoms with E-state index >= 15 is 0 Å². The van der Waals surface area contributed by atoms with Crippen LogP contribution in [0.4, 0.5) is 0 Å². The fourth-order valence-electron chi connectivity index (χ4n) is 3.13. The number of fused-ring (bicyclic) bond motifs is 1. The second kappa shape index (κ2) is 10.5. The molecule has 0 bridgehead atoms. The molecule has 26 heavy (non-hydrogen) atoms. The van der Waals surface area contributed by atoms with Gasteiger partial charge in [0.25, 0.3) is 0 Å². The van der Waals surface area contributed by atoms with Crippen LogP contribution in [0.25, 0.3) is 10.8 Å². The third-order valence-electron chi connectivity index (χ3n) is 4.60. The molecule has 1 aliphatic heterocycles. The molecule has 3 rings (SSSR count). The molecule has 1 saturated heterocycles. The number of rotatable bonds is 7. The Kier molecular flexibility index (Phi) is 8.32. The lowest BCUT2D eigenvalue weighted by Gasteiger charge is -2.22. The van der Waals surface area contributed by atoms with E-state index in [1.165, 1.54) is 5.39 Å². The molecule has 0 aliphatic carbocycles. The second-order valence-electron chi connectivity index (χ2n) is 6.39. The van der Waals surface area contributed by atoms with E-state index in [4.69, 9.17) is 15.2 Å². The van der Waals surface area contributed by atoms with E-state index < -0.39 is 0 Å². The molecule has 2 aromatic rings. The summed E-state index contributed by atoms with van der Waals surface area (Å²) in [6.45, 7) is 2.29. The Morgan fingerprint density at radius 2 is 1.92 bits per heavy atom. The molecule has 1 aliphatic rings. The van der Waals surface area contributed by atoms with Crippen LogP contribution >= 0.6 is 12.4 Å². The van der Waals surface area contributed by atoms with Crippen LogP contribution in [0.1, 0.15) is 30.9 Å². The highest BCUT2D eigenvalue weighted by molar-refractivity contribution is 5.85. The van der Waals surface area contributed by atoms with Crippen LogP contribution in [0.3, 0.4) is 0 Å². The molecular formula is C20H27ClN2O3. The number of hydrogen-bond acceptors (Lipinski definition) is 4. The van der Waals surface area contributed by atoms with Gasteiger partial charge < -0.3 is 20.5 Å². The maximum Gasteiger partial charge on any atom is 0.222 e. The highest BCUT2D eigenvalue weighted by atomic mass is 35.5. The number of hydrogen-bond donors (Lipinski definition) is 2. The summed E-state index contributed by atoms with van der Waals surface area (Å²) in [5, 5.41) is 5.34. The first-order valence-electron chi connectivity index (χ1n) is 8.94. The zero-order chi connectivity index (χ0) is 17.5. The van der Waals surface area contributed by atoms with Crippen molar-refractivity contribution >= 4 is 29.1 Å². The minimum Gasteiger partial charge on any atom is -0.381 e. The van der Waals surface area contributed by atoms with Crippen LogP contribution in [-0.4, -0.2) is 38.4 Å². The van der Waals surface area contributed by atoms with Gasteiger partial charge in [-0.15, -0.1) is 12.4 Å². The second-order valence-corrected chi connectivity index (χ2v) is 6.39. The predicted molar refractivity (Wildman–Crippen MR) is 106 cm³/mol. The lowest BCUT2D eigenvalue weighted by molar-refractivity contribution is -0.123. The van der Waals surface area contributed by atoms with E-state index in [1.54, 1.807) is 0 Å². The molecule has 0 radical (unpaired) electrons. The van der Waals surface area contributed by atoms with Crippen LogP contribution in [0.15, 0.2) is 42.5 Å². The van der Waals surface area contributed by atoms with Gasteiger partial charge in [0.2, 0.25) is 5.91 Å². The maximum atomic E-state index is 12.2. The fourth-order valence-corrected chi connectivity index (χ4v) is 3.13. The Balaban J connectivity index is 0.00000243. The van der Waals surface area contributed by atoms with Gasteiger partial charge in [-0.25, -0.2) is 0 Å². The summed E-state index contributed by atoms with van der Waals surface area (Å²) >= 11 is 0. The molecule has 1 amide bonds. The number of ether oxygens (including phenoxy) is 2. The summed E-state index contributed by atoms with van der Waals surface area (Å²) in [5.41, 5.74) is 6.91. The highest BCUT2D eigenvalue weighted by Gasteiger charge is 2.16. The Hall–Kier alpha value is -1.66. The molecule has 2 aromatic carbocycles. The average molecular weight is 379 g/mol.